The molecule has 0 saturated heterocycles. The van der Waals surface area contributed by atoms with Crippen LogP contribution in [0, 0.1) is 0 Å². The highest BCUT2D eigenvalue weighted by molar-refractivity contribution is 6.27. The highest BCUT2D eigenvalue weighted by atomic mass is 15.0. The standard InChI is InChI=1S/C47H29N5/c1-3-14-30(15-4-1)39-29-40(31-16-5-2-6-17-31)49-46(48-39)32-18-13-19-33(28-32)51-41-24-11-9-20-34(41)36-26-27-43-44(45(36)51)35-21-7-8-22-37(35)47-50-38-23-10-12-25-42(38)52(43)47/h1-29H. The van der Waals surface area contributed by atoms with Crippen molar-refractivity contribution in [2.45, 2.75) is 0 Å². The summed E-state index contributed by atoms with van der Waals surface area (Å²) >= 11 is 0. The lowest BCUT2D eigenvalue weighted by atomic mass is 10.0. The van der Waals surface area contributed by atoms with E-state index >= 15 is 0 Å². The molecule has 0 N–H and O–H groups in total. The van der Waals surface area contributed by atoms with Gasteiger partial charge in [0.1, 0.15) is 5.65 Å². The Morgan fingerprint density at radius 2 is 1.00 bits per heavy atom. The highest BCUT2D eigenvalue weighted by Crippen LogP contribution is 2.42. The lowest BCUT2D eigenvalue weighted by Gasteiger charge is -2.15. The van der Waals surface area contributed by atoms with E-state index in [0.29, 0.717) is 5.82 Å². The Kier molecular flexibility index (Phi) is 6.18. The van der Waals surface area contributed by atoms with Gasteiger partial charge in [-0.1, -0.05) is 133 Å². The van der Waals surface area contributed by atoms with Crippen molar-refractivity contribution in [2.24, 2.45) is 0 Å². The van der Waals surface area contributed by atoms with Crippen LogP contribution < -0.4 is 0 Å². The van der Waals surface area contributed by atoms with Crippen LogP contribution >= 0.6 is 0 Å². The summed E-state index contributed by atoms with van der Waals surface area (Å²) in [5.74, 6) is 0.685. The first kappa shape index (κ1) is 28.7. The van der Waals surface area contributed by atoms with Gasteiger partial charge in [-0.05, 0) is 47.9 Å². The van der Waals surface area contributed by atoms with Gasteiger partial charge in [-0.2, -0.15) is 0 Å². The maximum atomic E-state index is 5.16. The number of pyridine rings is 1. The summed E-state index contributed by atoms with van der Waals surface area (Å²) in [5.41, 5.74) is 12.4. The summed E-state index contributed by atoms with van der Waals surface area (Å²) in [5, 5.41) is 5.91. The van der Waals surface area contributed by atoms with E-state index in [2.05, 4.69) is 173 Å². The number of hydrogen-bond donors (Lipinski definition) is 0. The summed E-state index contributed by atoms with van der Waals surface area (Å²) in [6, 6.07) is 61.8. The van der Waals surface area contributed by atoms with Crippen LogP contribution in [0.4, 0.5) is 0 Å². The summed E-state index contributed by atoms with van der Waals surface area (Å²) in [4.78, 5) is 15.5. The van der Waals surface area contributed by atoms with Crippen LogP contribution in [0.5, 0.6) is 0 Å². The van der Waals surface area contributed by atoms with Gasteiger partial charge >= 0.3 is 0 Å². The number of para-hydroxylation sites is 3. The molecule has 11 rings (SSSR count). The summed E-state index contributed by atoms with van der Waals surface area (Å²) in [7, 11) is 0. The predicted molar refractivity (Wildman–Crippen MR) is 214 cm³/mol. The van der Waals surface area contributed by atoms with E-state index in [0.717, 1.165) is 72.4 Å². The molecule has 5 nitrogen and oxygen atoms in total. The first-order chi connectivity index (χ1) is 25.8. The summed E-state index contributed by atoms with van der Waals surface area (Å²) in [6.07, 6.45) is 0. The van der Waals surface area contributed by atoms with Gasteiger partial charge < -0.3 is 4.57 Å². The molecule has 0 atom stereocenters. The fourth-order valence-corrected chi connectivity index (χ4v) is 7.99. The molecule has 0 spiro atoms. The summed E-state index contributed by atoms with van der Waals surface area (Å²) in [6.45, 7) is 0. The zero-order valence-corrected chi connectivity index (χ0v) is 28.0. The number of hydrogen-bond acceptors (Lipinski definition) is 3. The smallest absolute Gasteiger partial charge is 0.160 e. The van der Waals surface area contributed by atoms with Crippen LogP contribution in [0.25, 0.3) is 99.8 Å². The SMILES string of the molecule is c1ccc(-c2cc(-c3ccccc3)nc(-c3cccc(-n4c5ccccc5c5ccc6c(c7ccccc7c7nc8ccccc8n67)c54)c3)n2)cc1. The van der Waals surface area contributed by atoms with Gasteiger partial charge in [-0.25, -0.2) is 15.0 Å². The molecule has 11 aromatic rings. The zero-order valence-electron chi connectivity index (χ0n) is 28.0. The molecule has 0 aliphatic heterocycles. The topological polar surface area (TPSA) is 48.0 Å². The van der Waals surface area contributed by atoms with E-state index in [1.54, 1.807) is 0 Å². The van der Waals surface area contributed by atoms with E-state index < -0.39 is 0 Å². The molecule has 4 heterocycles. The highest BCUT2D eigenvalue weighted by Gasteiger charge is 2.21. The van der Waals surface area contributed by atoms with Crippen molar-refractivity contribution in [3.63, 3.8) is 0 Å². The molecule has 0 aliphatic carbocycles. The largest absolute Gasteiger partial charge is 0.309 e. The summed E-state index contributed by atoms with van der Waals surface area (Å²) < 4.78 is 4.76. The first-order valence-corrected chi connectivity index (χ1v) is 17.5. The predicted octanol–water partition coefficient (Wildman–Crippen LogP) is 11.7. The van der Waals surface area contributed by atoms with Crippen LogP contribution in [0.1, 0.15) is 0 Å². The first-order valence-electron chi connectivity index (χ1n) is 17.5. The van der Waals surface area contributed by atoms with Crippen LogP contribution in [0.2, 0.25) is 0 Å². The second kappa shape index (κ2) is 11.2. The second-order valence-electron chi connectivity index (χ2n) is 13.3. The van der Waals surface area contributed by atoms with E-state index in [1.165, 1.54) is 21.5 Å². The molecule has 0 amide bonds. The van der Waals surface area contributed by atoms with Crippen molar-refractivity contribution < 1.29 is 0 Å². The fraction of sp³-hybridized carbons (Fsp3) is 0. The third-order valence-corrected chi connectivity index (χ3v) is 10.3. The molecule has 7 aromatic carbocycles. The van der Waals surface area contributed by atoms with Gasteiger partial charge in [0, 0.05) is 43.9 Å². The van der Waals surface area contributed by atoms with Crippen molar-refractivity contribution in [2.75, 3.05) is 0 Å². The van der Waals surface area contributed by atoms with Gasteiger partial charge in [0.05, 0.1) is 39.0 Å². The third-order valence-electron chi connectivity index (χ3n) is 10.3. The molecule has 4 aromatic heterocycles. The molecule has 0 bridgehead atoms. The van der Waals surface area contributed by atoms with Gasteiger partial charge in [0.2, 0.25) is 0 Å². The molecule has 242 valence electrons. The molecule has 0 fully saturated rings. The van der Waals surface area contributed by atoms with Crippen molar-refractivity contribution in [1.82, 2.24) is 23.9 Å². The maximum absolute atomic E-state index is 5.16. The van der Waals surface area contributed by atoms with Gasteiger partial charge in [0.25, 0.3) is 0 Å². The Bertz CT molecular complexity index is 3120. The zero-order chi connectivity index (χ0) is 34.2. The quantitative estimate of drug-likeness (QED) is 0.176. The van der Waals surface area contributed by atoms with Crippen molar-refractivity contribution in [1.29, 1.82) is 0 Å². The van der Waals surface area contributed by atoms with E-state index in [9.17, 15) is 0 Å². The molecule has 0 unspecified atom stereocenters. The van der Waals surface area contributed by atoms with Gasteiger partial charge in [-0.3, -0.25) is 4.40 Å². The Morgan fingerprint density at radius 1 is 0.385 bits per heavy atom. The lowest BCUT2D eigenvalue weighted by molar-refractivity contribution is 1.16. The van der Waals surface area contributed by atoms with Gasteiger partial charge in [-0.15, -0.1) is 0 Å². The molecular weight excluding hydrogens is 635 g/mol. The minimum Gasteiger partial charge on any atom is -0.309 e. The molecular formula is C47H29N5. The lowest BCUT2D eigenvalue weighted by Crippen LogP contribution is -1.99. The Hall–Kier alpha value is -7.11. The van der Waals surface area contributed by atoms with Crippen LogP contribution in [0.15, 0.2) is 176 Å². The molecule has 0 aliphatic rings. The number of rotatable bonds is 4. The van der Waals surface area contributed by atoms with Crippen molar-refractivity contribution in [3.8, 4) is 39.6 Å². The monoisotopic (exact) mass is 663 g/mol. The Labute approximate surface area is 298 Å². The van der Waals surface area contributed by atoms with E-state index in [4.69, 9.17) is 15.0 Å². The normalized spacial score (nSPS) is 11.8. The van der Waals surface area contributed by atoms with Gasteiger partial charge in [0.15, 0.2) is 5.82 Å². The van der Waals surface area contributed by atoms with Crippen LogP contribution in [-0.2, 0) is 0 Å². The number of fused-ring (bicyclic) bond motifs is 12. The number of imidazole rings is 1. The molecule has 5 heteroatoms. The van der Waals surface area contributed by atoms with Crippen molar-refractivity contribution in [3.05, 3.63) is 176 Å². The number of benzene rings is 7. The fourth-order valence-electron chi connectivity index (χ4n) is 7.99. The number of aromatic nitrogens is 5. The Morgan fingerprint density at radius 3 is 1.75 bits per heavy atom. The minimum atomic E-state index is 0.685. The maximum Gasteiger partial charge on any atom is 0.160 e. The minimum absolute atomic E-state index is 0.685. The van der Waals surface area contributed by atoms with Crippen molar-refractivity contribution >= 4 is 60.2 Å². The molecule has 52 heavy (non-hydrogen) atoms. The van der Waals surface area contributed by atoms with E-state index in [-0.39, 0.29) is 0 Å². The molecule has 0 radical (unpaired) electrons. The second-order valence-corrected chi connectivity index (χ2v) is 13.3. The Balaban J connectivity index is 1.23. The third kappa shape index (κ3) is 4.26. The van der Waals surface area contributed by atoms with E-state index in [1.807, 2.05) is 12.1 Å². The van der Waals surface area contributed by atoms with Crippen LogP contribution in [-0.4, -0.2) is 23.9 Å². The molecule has 0 saturated carbocycles. The average molecular weight is 664 g/mol. The van der Waals surface area contributed by atoms with Crippen LogP contribution in [0.3, 0.4) is 0 Å². The number of nitrogens with zero attached hydrogens (tertiary/aromatic N) is 5. The average Bonchev–Trinajstić information content (AvgIpc) is 3.78.